The molecule has 0 fully saturated rings. The highest BCUT2D eigenvalue weighted by Crippen LogP contribution is 2.45. The molecule has 0 bridgehead atoms. The lowest BCUT2D eigenvalue weighted by atomic mass is 10.0. The summed E-state index contributed by atoms with van der Waals surface area (Å²) in [5, 5.41) is 2.82. The minimum Gasteiger partial charge on any atom is -0.493 e. The third kappa shape index (κ3) is 2.33. The van der Waals surface area contributed by atoms with Crippen LogP contribution in [-0.4, -0.2) is 36.5 Å². The first-order valence-corrected chi connectivity index (χ1v) is 11.1. The van der Waals surface area contributed by atoms with Crippen molar-refractivity contribution in [3.05, 3.63) is 24.3 Å². The SMILES string of the molecule is CC[Si]1(CC)c2cc(OC)c(OC)cc2-c2c1ccc(OC)c2OC. The zero-order valence-corrected chi connectivity index (χ0v) is 16.9. The first-order valence-electron chi connectivity index (χ1n) is 8.64. The summed E-state index contributed by atoms with van der Waals surface area (Å²) >= 11 is 0. The molecular formula is C20H26O4Si. The van der Waals surface area contributed by atoms with Crippen LogP contribution in [0.1, 0.15) is 13.8 Å². The highest BCUT2D eigenvalue weighted by Gasteiger charge is 2.45. The van der Waals surface area contributed by atoms with Crippen LogP contribution in [0, 0.1) is 0 Å². The molecule has 0 unspecified atom stereocenters. The zero-order chi connectivity index (χ0) is 18.2. The van der Waals surface area contributed by atoms with Crippen molar-refractivity contribution in [2.24, 2.45) is 0 Å². The number of benzene rings is 2. The molecule has 0 aliphatic carbocycles. The number of hydrogen-bond donors (Lipinski definition) is 0. The molecule has 0 amide bonds. The van der Waals surface area contributed by atoms with Gasteiger partial charge in [-0.25, -0.2) is 0 Å². The van der Waals surface area contributed by atoms with E-state index < -0.39 is 8.07 Å². The Morgan fingerprint density at radius 1 is 0.720 bits per heavy atom. The van der Waals surface area contributed by atoms with Gasteiger partial charge in [0.25, 0.3) is 0 Å². The van der Waals surface area contributed by atoms with Gasteiger partial charge in [-0.1, -0.05) is 32.0 Å². The van der Waals surface area contributed by atoms with Crippen LogP contribution in [-0.2, 0) is 0 Å². The van der Waals surface area contributed by atoms with Crippen LogP contribution in [0.4, 0.5) is 0 Å². The molecule has 134 valence electrons. The molecule has 2 aromatic carbocycles. The van der Waals surface area contributed by atoms with Crippen molar-refractivity contribution in [2.75, 3.05) is 28.4 Å². The lowest BCUT2D eigenvalue weighted by Crippen LogP contribution is -2.54. The van der Waals surface area contributed by atoms with Gasteiger partial charge >= 0.3 is 0 Å². The van der Waals surface area contributed by atoms with Gasteiger partial charge in [0, 0.05) is 5.56 Å². The molecule has 25 heavy (non-hydrogen) atoms. The normalized spacial score (nSPS) is 13.8. The van der Waals surface area contributed by atoms with E-state index in [0.717, 1.165) is 40.6 Å². The van der Waals surface area contributed by atoms with Crippen LogP contribution in [0.5, 0.6) is 23.0 Å². The van der Waals surface area contributed by atoms with Crippen molar-refractivity contribution in [2.45, 2.75) is 25.9 Å². The fourth-order valence-electron chi connectivity index (χ4n) is 4.23. The van der Waals surface area contributed by atoms with E-state index in [-0.39, 0.29) is 0 Å². The lowest BCUT2D eigenvalue weighted by molar-refractivity contribution is 0.354. The predicted molar refractivity (Wildman–Crippen MR) is 104 cm³/mol. The van der Waals surface area contributed by atoms with E-state index >= 15 is 0 Å². The Hall–Kier alpha value is -2.14. The first-order chi connectivity index (χ1) is 12.1. The Balaban J connectivity index is 2.43. The maximum Gasteiger partial charge on any atom is 0.168 e. The molecule has 0 atom stereocenters. The summed E-state index contributed by atoms with van der Waals surface area (Å²) in [6, 6.07) is 10.8. The molecule has 1 aliphatic heterocycles. The van der Waals surface area contributed by atoms with Crippen molar-refractivity contribution < 1.29 is 18.9 Å². The van der Waals surface area contributed by atoms with E-state index in [1.54, 1.807) is 28.4 Å². The van der Waals surface area contributed by atoms with Crippen LogP contribution in [0.2, 0.25) is 12.1 Å². The summed E-state index contributed by atoms with van der Waals surface area (Å²) in [5.41, 5.74) is 2.35. The van der Waals surface area contributed by atoms with Gasteiger partial charge in [0.15, 0.2) is 23.0 Å². The topological polar surface area (TPSA) is 36.9 Å². The van der Waals surface area contributed by atoms with E-state index in [4.69, 9.17) is 18.9 Å². The lowest BCUT2D eigenvalue weighted by Gasteiger charge is -2.27. The van der Waals surface area contributed by atoms with Crippen molar-refractivity contribution in [1.29, 1.82) is 0 Å². The third-order valence-corrected chi connectivity index (χ3v) is 10.9. The van der Waals surface area contributed by atoms with Crippen molar-refractivity contribution in [3.8, 4) is 34.1 Å². The van der Waals surface area contributed by atoms with E-state index in [9.17, 15) is 0 Å². The Labute approximate surface area is 150 Å². The van der Waals surface area contributed by atoms with E-state index in [1.807, 2.05) is 6.07 Å². The van der Waals surface area contributed by atoms with Gasteiger partial charge in [-0.3, -0.25) is 0 Å². The average molecular weight is 359 g/mol. The highest BCUT2D eigenvalue weighted by molar-refractivity contribution is 7.05. The van der Waals surface area contributed by atoms with Gasteiger partial charge in [0.2, 0.25) is 0 Å². The second-order valence-electron chi connectivity index (χ2n) is 6.27. The predicted octanol–water partition coefficient (Wildman–Crippen LogP) is 3.30. The second kappa shape index (κ2) is 6.63. The molecular weight excluding hydrogens is 332 g/mol. The smallest absolute Gasteiger partial charge is 0.168 e. The molecule has 0 radical (unpaired) electrons. The summed E-state index contributed by atoms with van der Waals surface area (Å²) in [5.74, 6) is 3.11. The second-order valence-corrected chi connectivity index (χ2v) is 10.9. The monoisotopic (exact) mass is 358 g/mol. The van der Waals surface area contributed by atoms with Gasteiger partial charge in [-0.15, -0.1) is 0 Å². The van der Waals surface area contributed by atoms with Gasteiger partial charge in [0.05, 0.1) is 28.4 Å². The molecule has 3 rings (SSSR count). The molecule has 0 N–H and O–H groups in total. The van der Waals surface area contributed by atoms with Crippen molar-refractivity contribution in [3.63, 3.8) is 0 Å². The summed E-state index contributed by atoms with van der Waals surface area (Å²) in [7, 11) is 4.89. The number of rotatable bonds is 6. The molecule has 2 aromatic rings. The maximum atomic E-state index is 5.77. The largest absolute Gasteiger partial charge is 0.493 e. The summed E-state index contributed by atoms with van der Waals surface area (Å²) in [6.45, 7) is 4.59. The first kappa shape index (κ1) is 17.7. The Morgan fingerprint density at radius 3 is 1.84 bits per heavy atom. The Morgan fingerprint density at radius 2 is 1.32 bits per heavy atom. The van der Waals surface area contributed by atoms with Gasteiger partial charge in [0.1, 0.15) is 8.07 Å². The molecule has 1 aliphatic rings. The van der Waals surface area contributed by atoms with E-state index in [2.05, 4.69) is 32.0 Å². The molecule has 5 heteroatoms. The standard InChI is InChI=1S/C20H26O4Si/c1-7-25(8-2)17-10-9-14(21-3)20(24-6)19(17)13-11-15(22-4)16(23-5)12-18(13)25/h9-12H,7-8H2,1-6H3. The molecule has 0 aromatic heterocycles. The average Bonchev–Trinajstić information content (AvgIpc) is 2.95. The molecule has 0 saturated carbocycles. The molecule has 0 saturated heterocycles. The van der Waals surface area contributed by atoms with Gasteiger partial charge in [-0.2, -0.15) is 0 Å². The van der Waals surface area contributed by atoms with Crippen LogP contribution in [0.25, 0.3) is 11.1 Å². The van der Waals surface area contributed by atoms with Crippen molar-refractivity contribution >= 4 is 18.4 Å². The number of hydrogen-bond acceptors (Lipinski definition) is 4. The van der Waals surface area contributed by atoms with E-state index in [0.29, 0.717) is 0 Å². The summed E-state index contributed by atoms with van der Waals surface area (Å²) in [4.78, 5) is 0. The fraction of sp³-hybridized carbons (Fsp3) is 0.400. The highest BCUT2D eigenvalue weighted by atomic mass is 28.3. The van der Waals surface area contributed by atoms with Crippen LogP contribution < -0.4 is 29.3 Å². The van der Waals surface area contributed by atoms with E-state index in [1.165, 1.54) is 15.9 Å². The van der Waals surface area contributed by atoms with Crippen LogP contribution in [0.15, 0.2) is 24.3 Å². The maximum absolute atomic E-state index is 5.77. The Bertz CT molecular complexity index is 797. The quantitative estimate of drug-likeness (QED) is 0.743. The number of fused-ring (bicyclic) bond motifs is 3. The Kier molecular flexibility index (Phi) is 4.69. The molecule has 4 nitrogen and oxygen atoms in total. The third-order valence-electron chi connectivity index (χ3n) is 5.58. The number of ether oxygens (including phenoxy) is 4. The summed E-state index contributed by atoms with van der Waals surface area (Å²) in [6.07, 6.45) is 0. The summed E-state index contributed by atoms with van der Waals surface area (Å²) < 4.78 is 22.5. The minimum absolute atomic E-state index is 0.745. The minimum atomic E-state index is -1.86. The van der Waals surface area contributed by atoms with Gasteiger partial charge in [-0.05, 0) is 34.1 Å². The molecule has 1 heterocycles. The van der Waals surface area contributed by atoms with Gasteiger partial charge < -0.3 is 18.9 Å². The molecule has 0 spiro atoms. The number of methoxy groups -OCH3 is 4. The fourth-order valence-corrected chi connectivity index (χ4v) is 8.79. The van der Waals surface area contributed by atoms with Crippen molar-refractivity contribution in [1.82, 2.24) is 0 Å². The van der Waals surface area contributed by atoms with Crippen LogP contribution >= 0.6 is 0 Å². The zero-order valence-electron chi connectivity index (χ0n) is 15.9. The van der Waals surface area contributed by atoms with Crippen LogP contribution in [0.3, 0.4) is 0 Å².